The summed E-state index contributed by atoms with van der Waals surface area (Å²) < 4.78 is 0. The van der Waals surface area contributed by atoms with Crippen LogP contribution in [0.3, 0.4) is 0 Å². The van der Waals surface area contributed by atoms with Crippen LogP contribution in [0, 0.1) is 0 Å². The fourth-order valence-corrected chi connectivity index (χ4v) is 4.79. The number of carbonyl (C=O) groups excluding carboxylic acids is 2. The van der Waals surface area contributed by atoms with Crippen LogP contribution >= 0.6 is 23.4 Å². The lowest BCUT2D eigenvalue weighted by atomic mass is 10.1. The first kappa shape index (κ1) is 22.2. The highest BCUT2D eigenvalue weighted by molar-refractivity contribution is 8.00. The molecule has 2 N–H and O–H groups in total. The summed E-state index contributed by atoms with van der Waals surface area (Å²) in [5.41, 5.74) is 3.23. The highest BCUT2D eigenvalue weighted by Gasteiger charge is 2.26. The maximum atomic E-state index is 12.9. The van der Waals surface area contributed by atoms with Gasteiger partial charge in [0.2, 0.25) is 0 Å². The van der Waals surface area contributed by atoms with E-state index in [1.54, 1.807) is 40.9 Å². The van der Waals surface area contributed by atoms with Crippen molar-refractivity contribution in [2.24, 2.45) is 0 Å². The van der Waals surface area contributed by atoms with Crippen LogP contribution in [0.4, 0.5) is 16.2 Å². The molecule has 0 radical (unpaired) electrons. The average molecular weight is 466 g/mol. The second kappa shape index (κ2) is 10.1. The molecule has 1 atom stereocenters. The molecule has 164 valence electrons. The summed E-state index contributed by atoms with van der Waals surface area (Å²) in [6.07, 6.45) is 0.727. The largest absolute Gasteiger partial charge is 0.352 e. The van der Waals surface area contributed by atoms with Crippen molar-refractivity contribution in [1.82, 2.24) is 5.32 Å². The minimum atomic E-state index is -0.176. The van der Waals surface area contributed by atoms with Gasteiger partial charge in [-0.15, -0.1) is 11.8 Å². The van der Waals surface area contributed by atoms with Crippen LogP contribution in [-0.2, 0) is 6.42 Å². The van der Waals surface area contributed by atoms with Crippen LogP contribution < -0.4 is 15.5 Å². The van der Waals surface area contributed by atoms with E-state index in [1.165, 1.54) is 0 Å². The number of carbonyl (C=O) groups is 2. The Morgan fingerprint density at radius 1 is 1.03 bits per heavy atom. The topological polar surface area (TPSA) is 61.4 Å². The van der Waals surface area contributed by atoms with Gasteiger partial charge in [0, 0.05) is 39.5 Å². The van der Waals surface area contributed by atoms with Crippen LogP contribution in [0.1, 0.15) is 22.8 Å². The standard InChI is InChI=1S/C25H24ClN3O2S/c1-17-16-29(22-4-2-3-5-23(22)32-17)25(31)28-21-12-8-19(9-13-21)24(30)27-15-14-18-6-10-20(26)11-7-18/h2-13,17H,14-16H2,1H3,(H,27,30)(H,28,31)/t17-/m0/s1. The predicted molar refractivity (Wildman–Crippen MR) is 132 cm³/mol. The summed E-state index contributed by atoms with van der Waals surface area (Å²) >= 11 is 7.67. The summed E-state index contributed by atoms with van der Waals surface area (Å²) in [6.45, 7) is 3.28. The van der Waals surface area contributed by atoms with Crippen LogP contribution in [0.2, 0.25) is 5.02 Å². The minimum Gasteiger partial charge on any atom is -0.352 e. The number of hydrogen-bond acceptors (Lipinski definition) is 3. The summed E-state index contributed by atoms with van der Waals surface area (Å²) in [6, 6.07) is 22.3. The molecule has 0 fully saturated rings. The predicted octanol–water partition coefficient (Wildman–Crippen LogP) is 5.85. The Kier molecular flexibility index (Phi) is 7.02. The molecule has 3 amide bonds. The lowest BCUT2D eigenvalue weighted by molar-refractivity contribution is 0.0954. The molecular weight excluding hydrogens is 442 g/mol. The van der Waals surface area contributed by atoms with E-state index >= 15 is 0 Å². The fraction of sp³-hybridized carbons (Fsp3) is 0.200. The smallest absolute Gasteiger partial charge is 0.326 e. The van der Waals surface area contributed by atoms with Crippen molar-refractivity contribution in [3.63, 3.8) is 0 Å². The first-order chi connectivity index (χ1) is 15.5. The van der Waals surface area contributed by atoms with Gasteiger partial charge in [-0.2, -0.15) is 0 Å². The van der Waals surface area contributed by atoms with Crippen molar-refractivity contribution in [1.29, 1.82) is 0 Å². The molecule has 1 aliphatic heterocycles. The number of anilines is 2. The van der Waals surface area contributed by atoms with Crippen LogP contribution in [0.5, 0.6) is 0 Å². The van der Waals surface area contributed by atoms with E-state index in [1.807, 2.05) is 48.5 Å². The fourth-order valence-electron chi connectivity index (χ4n) is 3.55. The molecule has 3 aromatic carbocycles. The molecular formula is C25H24ClN3O2S. The van der Waals surface area contributed by atoms with Gasteiger partial charge < -0.3 is 10.6 Å². The zero-order valence-electron chi connectivity index (χ0n) is 17.7. The van der Waals surface area contributed by atoms with Gasteiger partial charge in [0.05, 0.1) is 5.69 Å². The SMILES string of the molecule is C[C@H]1CN(C(=O)Nc2ccc(C(=O)NCCc3ccc(Cl)cc3)cc2)c2ccccc2S1. The molecule has 0 aromatic heterocycles. The summed E-state index contributed by atoms with van der Waals surface area (Å²) in [4.78, 5) is 28.2. The number of urea groups is 1. The monoisotopic (exact) mass is 465 g/mol. The maximum absolute atomic E-state index is 12.9. The van der Waals surface area contributed by atoms with E-state index in [0.717, 1.165) is 22.6 Å². The Bertz CT molecular complexity index is 1100. The van der Waals surface area contributed by atoms with Gasteiger partial charge in [-0.05, 0) is 60.5 Å². The first-order valence-corrected chi connectivity index (χ1v) is 11.7. The third kappa shape index (κ3) is 5.44. The van der Waals surface area contributed by atoms with Crippen LogP contribution in [0.15, 0.2) is 77.7 Å². The van der Waals surface area contributed by atoms with Crippen molar-refractivity contribution in [3.05, 3.63) is 88.9 Å². The van der Waals surface area contributed by atoms with E-state index in [9.17, 15) is 9.59 Å². The number of para-hydroxylation sites is 1. The Labute approximate surface area is 197 Å². The molecule has 5 nitrogen and oxygen atoms in total. The molecule has 32 heavy (non-hydrogen) atoms. The van der Waals surface area contributed by atoms with Gasteiger partial charge in [-0.1, -0.05) is 42.8 Å². The molecule has 3 aromatic rings. The van der Waals surface area contributed by atoms with Gasteiger partial charge in [0.1, 0.15) is 0 Å². The zero-order chi connectivity index (χ0) is 22.5. The number of benzene rings is 3. The number of nitrogens with one attached hydrogen (secondary N) is 2. The van der Waals surface area contributed by atoms with Crippen molar-refractivity contribution in [2.45, 2.75) is 23.5 Å². The normalized spacial score (nSPS) is 15.1. The van der Waals surface area contributed by atoms with E-state index in [0.29, 0.717) is 34.6 Å². The van der Waals surface area contributed by atoms with Crippen molar-refractivity contribution in [2.75, 3.05) is 23.3 Å². The number of hydrogen-bond donors (Lipinski definition) is 2. The molecule has 0 bridgehead atoms. The Morgan fingerprint density at radius 3 is 2.50 bits per heavy atom. The molecule has 4 rings (SSSR count). The number of fused-ring (bicyclic) bond motifs is 1. The molecule has 0 saturated heterocycles. The van der Waals surface area contributed by atoms with Gasteiger partial charge in [0.25, 0.3) is 5.91 Å². The van der Waals surface area contributed by atoms with Crippen LogP contribution in [-0.4, -0.2) is 30.3 Å². The number of halogens is 1. The first-order valence-electron chi connectivity index (χ1n) is 10.5. The number of thioether (sulfide) groups is 1. The molecule has 0 saturated carbocycles. The lowest BCUT2D eigenvalue weighted by Crippen LogP contribution is -2.41. The summed E-state index contributed by atoms with van der Waals surface area (Å²) in [7, 11) is 0. The van der Waals surface area contributed by atoms with Crippen molar-refractivity contribution >= 4 is 46.7 Å². The van der Waals surface area contributed by atoms with Crippen molar-refractivity contribution in [3.8, 4) is 0 Å². The zero-order valence-corrected chi connectivity index (χ0v) is 19.2. The van der Waals surface area contributed by atoms with Gasteiger partial charge in [-0.25, -0.2) is 4.79 Å². The van der Waals surface area contributed by atoms with Gasteiger partial charge in [0.15, 0.2) is 0 Å². The van der Waals surface area contributed by atoms with Gasteiger partial charge >= 0.3 is 6.03 Å². The molecule has 1 heterocycles. The molecule has 7 heteroatoms. The third-order valence-electron chi connectivity index (χ3n) is 5.18. The lowest BCUT2D eigenvalue weighted by Gasteiger charge is -2.32. The Morgan fingerprint density at radius 2 is 1.75 bits per heavy atom. The third-order valence-corrected chi connectivity index (χ3v) is 6.58. The molecule has 1 aliphatic rings. The van der Waals surface area contributed by atoms with E-state index < -0.39 is 0 Å². The van der Waals surface area contributed by atoms with Gasteiger partial charge in [-0.3, -0.25) is 9.69 Å². The minimum absolute atomic E-state index is 0.146. The number of amides is 3. The second-order valence-electron chi connectivity index (χ2n) is 7.65. The second-order valence-corrected chi connectivity index (χ2v) is 9.56. The summed E-state index contributed by atoms with van der Waals surface area (Å²) in [5.74, 6) is -0.146. The van der Waals surface area contributed by atoms with Crippen molar-refractivity contribution < 1.29 is 9.59 Å². The van der Waals surface area contributed by atoms with E-state index in [2.05, 4.69) is 17.6 Å². The maximum Gasteiger partial charge on any atom is 0.326 e. The number of nitrogens with zero attached hydrogens (tertiary/aromatic N) is 1. The molecule has 0 spiro atoms. The highest BCUT2D eigenvalue weighted by Crippen LogP contribution is 2.38. The molecule has 0 aliphatic carbocycles. The Balaban J connectivity index is 1.33. The van der Waals surface area contributed by atoms with E-state index in [-0.39, 0.29) is 11.9 Å². The Hall–Kier alpha value is -2.96. The molecule has 0 unspecified atom stereocenters. The summed E-state index contributed by atoms with van der Waals surface area (Å²) in [5, 5.41) is 6.88. The number of rotatable bonds is 5. The average Bonchev–Trinajstić information content (AvgIpc) is 2.80. The quantitative estimate of drug-likeness (QED) is 0.497. The van der Waals surface area contributed by atoms with Crippen LogP contribution in [0.25, 0.3) is 0 Å². The van der Waals surface area contributed by atoms with E-state index in [4.69, 9.17) is 11.6 Å². The highest BCUT2D eigenvalue weighted by atomic mass is 35.5.